The van der Waals surface area contributed by atoms with Crippen molar-refractivity contribution in [2.75, 3.05) is 34.4 Å². The maximum Gasteiger partial charge on any atom is 0.226 e. The number of hydrogen-bond acceptors (Lipinski definition) is 23. The molecule has 3 aliphatic rings. The van der Waals surface area contributed by atoms with Crippen molar-refractivity contribution >= 4 is 45.9 Å². The first-order valence-electron chi connectivity index (χ1n) is 23.8. The van der Waals surface area contributed by atoms with Gasteiger partial charge < -0.3 is 65.1 Å². The van der Waals surface area contributed by atoms with Gasteiger partial charge in [-0.05, 0) is 55.4 Å². The zero-order valence-corrected chi connectivity index (χ0v) is 39.0. The lowest BCUT2D eigenvalue weighted by Gasteiger charge is -2.30. The van der Waals surface area contributed by atoms with Crippen LogP contribution in [0.2, 0.25) is 0 Å². The Morgan fingerprint density at radius 1 is 0.577 bits per heavy atom. The SMILES string of the molecule is Cn1cnc(CCNc2nc(N[C@H]3CC[C@H](Nc4nc(NCCc5cn(C)cn5)nc5c4ncn5[C@@H]4C[C@H](n5nnc(CO)n5)C[C@H]4O)CC3)c3ncn([C@@H]4C[C@H](n5nnc(CO)n5)[C@@H](O)[C@H]4O)c3n2)c1. The van der Waals surface area contributed by atoms with Crippen LogP contribution < -0.4 is 21.3 Å². The highest BCUT2D eigenvalue weighted by Gasteiger charge is 2.46. The Labute approximate surface area is 403 Å². The van der Waals surface area contributed by atoms with Gasteiger partial charge in [0.25, 0.3) is 0 Å². The number of rotatable bonds is 18. The number of fused-ring (bicyclic) bond motifs is 2. The minimum atomic E-state index is -1.22. The molecule has 0 aliphatic heterocycles. The van der Waals surface area contributed by atoms with Gasteiger partial charge in [-0.1, -0.05) is 0 Å². The third-order valence-electron chi connectivity index (χ3n) is 13.7. The van der Waals surface area contributed by atoms with Gasteiger partial charge in [-0.15, -0.1) is 20.4 Å². The molecule has 0 spiro atoms. The van der Waals surface area contributed by atoms with Gasteiger partial charge in [0.2, 0.25) is 11.9 Å². The third kappa shape index (κ3) is 9.39. The second kappa shape index (κ2) is 19.5. The summed E-state index contributed by atoms with van der Waals surface area (Å²) >= 11 is 0. The van der Waals surface area contributed by atoms with E-state index in [1.807, 2.05) is 40.2 Å². The predicted octanol–water partition coefficient (Wildman–Crippen LogP) is -0.620. The molecule has 8 aromatic heterocycles. The summed E-state index contributed by atoms with van der Waals surface area (Å²) in [6.07, 6.45) is 13.2. The van der Waals surface area contributed by atoms with Gasteiger partial charge in [0.05, 0.1) is 60.9 Å². The molecule has 8 aromatic rings. The molecule has 0 aromatic carbocycles. The Morgan fingerprint density at radius 2 is 1.08 bits per heavy atom. The van der Waals surface area contributed by atoms with E-state index in [1.54, 1.807) is 29.9 Å². The van der Waals surface area contributed by atoms with Gasteiger partial charge in [0.15, 0.2) is 45.6 Å². The maximum absolute atomic E-state index is 11.4. The molecule has 8 heterocycles. The molecule has 11 rings (SSSR count). The topological polar surface area (TPSA) is 359 Å². The molecule has 3 saturated carbocycles. The molecule has 3 fully saturated rings. The van der Waals surface area contributed by atoms with E-state index in [9.17, 15) is 25.5 Å². The molecule has 374 valence electrons. The largest absolute Gasteiger partial charge is 0.391 e. The summed E-state index contributed by atoms with van der Waals surface area (Å²) in [4.78, 5) is 40.9. The van der Waals surface area contributed by atoms with Crippen LogP contribution in [0.5, 0.6) is 0 Å². The number of hydrogen-bond donors (Lipinski definition) is 9. The number of aromatic nitrogens is 20. The monoisotopic (exact) mass is 976 g/mol. The van der Waals surface area contributed by atoms with Gasteiger partial charge in [-0.25, -0.2) is 19.9 Å². The summed E-state index contributed by atoms with van der Waals surface area (Å²) in [5.74, 6) is 2.24. The van der Waals surface area contributed by atoms with Crippen LogP contribution >= 0.6 is 0 Å². The Morgan fingerprint density at radius 3 is 1.59 bits per heavy atom. The number of tetrazole rings is 2. The number of imidazole rings is 4. The average molecular weight is 977 g/mol. The quantitative estimate of drug-likeness (QED) is 0.0517. The van der Waals surface area contributed by atoms with E-state index in [0.29, 0.717) is 84.6 Å². The van der Waals surface area contributed by atoms with E-state index in [4.69, 9.17) is 29.9 Å². The lowest BCUT2D eigenvalue weighted by molar-refractivity contribution is 0.00469. The molecule has 0 unspecified atom stereocenters. The van der Waals surface area contributed by atoms with Crippen molar-refractivity contribution in [3.63, 3.8) is 0 Å². The summed E-state index contributed by atoms with van der Waals surface area (Å²) in [5, 5.41) is 91.4. The molecule has 29 nitrogen and oxygen atoms in total. The van der Waals surface area contributed by atoms with Gasteiger partial charge in [-0.2, -0.15) is 29.5 Å². The molecule has 0 amide bonds. The highest BCUT2D eigenvalue weighted by atomic mass is 16.3. The Balaban J connectivity index is 0.816. The lowest BCUT2D eigenvalue weighted by atomic mass is 9.91. The molecular formula is C42H56N24O5. The molecule has 71 heavy (non-hydrogen) atoms. The lowest BCUT2D eigenvalue weighted by Crippen LogP contribution is -2.33. The normalized spacial score (nSPS) is 24.6. The molecule has 0 saturated heterocycles. The number of aliphatic hydroxyl groups excluding tert-OH is 5. The van der Waals surface area contributed by atoms with Crippen LogP contribution in [0.1, 0.15) is 92.1 Å². The predicted molar refractivity (Wildman–Crippen MR) is 250 cm³/mol. The second-order valence-electron chi connectivity index (χ2n) is 18.7. The standard InChI is InChI=1S/C42H56N24O5/c1-61-14-24(45-18-61)7-9-43-41-51-37(33-39(53-41)63(20-47-33)27-11-26(12-30(27)69)65-57-31(16-67)55-59-65)49-22-3-5-23(6-4-22)50-38-34-40(54-42(52-38)44-10-8-25-15-62(2)19-46-25)64(21-48-34)28-13-29(36(71)35(28)70)66-58-32(17-68)56-60-66/h14-15,18-23,26-30,35-36,67-71H,3-13,16-17H2,1-2H3,(H2,43,49,51,53)(H2,44,50,52,54)/t22-,23-,26-,27+,28+,29-,30+,35-,36+/m0/s1. The molecule has 7 atom stereocenters. The van der Waals surface area contributed by atoms with Gasteiger partial charge >= 0.3 is 0 Å². The van der Waals surface area contributed by atoms with Crippen molar-refractivity contribution in [3.8, 4) is 0 Å². The second-order valence-corrected chi connectivity index (χ2v) is 18.7. The van der Waals surface area contributed by atoms with Crippen molar-refractivity contribution in [1.82, 2.24) is 98.6 Å². The van der Waals surface area contributed by atoms with Crippen molar-refractivity contribution in [3.05, 3.63) is 60.7 Å². The first kappa shape index (κ1) is 46.1. The maximum atomic E-state index is 11.4. The van der Waals surface area contributed by atoms with E-state index in [-0.39, 0.29) is 48.8 Å². The zero-order valence-electron chi connectivity index (χ0n) is 39.0. The van der Waals surface area contributed by atoms with Crippen molar-refractivity contribution < 1.29 is 25.5 Å². The van der Waals surface area contributed by atoms with E-state index in [1.165, 1.54) is 9.59 Å². The Kier molecular flexibility index (Phi) is 12.6. The van der Waals surface area contributed by atoms with Crippen LogP contribution in [0.4, 0.5) is 23.5 Å². The minimum absolute atomic E-state index is 0.0261. The van der Waals surface area contributed by atoms with Crippen molar-refractivity contribution in [1.29, 1.82) is 0 Å². The molecule has 0 radical (unpaired) electrons. The average Bonchev–Trinajstić information content (AvgIpc) is 4.23. The number of aryl methyl sites for hydroxylation is 2. The van der Waals surface area contributed by atoms with Crippen molar-refractivity contribution in [2.24, 2.45) is 14.1 Å². The third-order valence-corrected chi connectivity index (χ3v) is 13.7. The van der Waals surface area contributed by atoms with Crippen LogP contribution in [0.3, 0.4) is 0 Å². The number of nitrogens with zero attached hydrogens (tertiary/aromatic N) is 20. The number of aliphatic hydroxyl groups is 5. The summed E-state index contributed by atoms with van der Waals surface area (Å²) < 4.78 is 7.48. The van der Waals surface area contributed by atoms with Crippen LogP contribution in [0.25, 0.3) is 22.3 Å². The summed E-state index contributed by atoms with van der Waals surface area (Å²) in [6, 6.07) is -1.88. The first-order chi connectivity index (χ1) is 34.6. The molecule has 29 heteroatoms. The van der Waals surface area contributed by atoms with E-state index < -0.39 is 37.0 Å². The van der Waals surface area contributed by atoms with E-state index >= 15 is 0 Å². The van der Waals surface area contributed by atoms with E-state index in [0.717, 1.165) is 37.1 Å². The molecule has 3 aliphatic carbocycles. The van der Waals surface area contributed by atoms with Crippen LogP contribution in [-0.4, -0.2) is 168 Å². The Bertz CT molecular complexity index is 3100. The van der Waals surface area contributed by atoms with Crippen LogP contribution in [0.15, 0.2) is 37.7 Å². The van der Waals surface area contributed by atoms with Gasteiger partial charge in [0, 0.05) is 64.5 Å². The summed E-state index contributed by atoms with van der Waals surface area (Å²) in [5.41, 5.74) is 4.00. The molecule has 9 N–H and O–H groups in total. The number of nitrogens with one attached hydrogen (secondary N) is 4. The Hall–Kier alpha value is -7.34. The fraction of sp³-hybridized carbons (Fsp3) is 0.571. The van der Waals surface area contributed by atoms with Crippen LogP contribution in [0, 0.1) is 0 Å². The summed E-state index contributed by atoms with van der Waals surface area (Å²) in [6.45, 7) is 0.325. The smallest absolute Gasteiger partial charge is 0.226 e. The number of anilines is 4. The fourth-order valence-corrected chi connectivity index (χ4v) is 10.1. The molecule has 0 bridgehead atoms. The van der Waals surface area contributed by atoms with Gasteiger partial charge in [0.1, 0.15) is 31.5 Å². The van der Waals surface area contributed by atoms with Gasteiger partial charge in [-0.3, -0.25) is 0 Å². The zero-order chi connectivity index (χ0) is 48.8. The van der Waals surface area contributed by atoms with Crippen molar-refractivity contribution in [2.45, 2.75) is 126 Å². The highest BCUT2D eigenvalue weighted by Crippen LogP contribution is 2.41. The van der Waals surface area contributed by atoms with E-state index in [2.05, 4.69) is 62.1 Å². The minimum Gasteiger partial charge on any atom is -0.391 e. The fourth-order valence-electron chi connectivity index (χ4n) is 10.1. The first-order valence-corrected chi connectivity index (χ1v) is 23.8. The van der Waals surface area contributed by atoms with Crippen LogP contribution in [-0.2, 0) is 40.2 Å². The highest BCUT2D eigenvalue weighted by molar-refractivity contribution is 5.85. The molecular weight excluding hydrogens is 921 g/mol. The summed E-state index contributed by atoms with van der Waals surface area (Å²) in [7, 11) is 3.86.